The minimum absolute atomic E-state index is 0.196. The SMILES string of the molecule is CCNC(=NCC1(CCOCC)CC1)NC1CC(C)(C)Oc2ccccc21. The lowest BCUT2D eigenvalue weighted by Gasteiger charge is -2.38. The van der Waals surface area contributed by atoms with Crippen LogP contribution in [0.25, 0.3) is 0 Å². The van der Waals surface area contributed by atoms with Gasteiger partial charge < -0.3 is 20.1 Å². The van der Waals surface area contributed by atoms with E-state index in [0.29, 0.717) is 5.41 Å². The standard InChI is InChI=1S/C22H35N3O2/c1-5-23-20(24-16-22(11-12-22)13-14-26-6-2)25-18-15-21(3,4)27-19-10-8-7-9-17(18)19/h7-10,18H,5-6,11-16H2,1-4H3,(H2,23,24,25). The molecule has 1 aromatic carbocycles. The van der Waals surface area contributed by atoms with Gasteiger partial charge in [0.2, 0.25) is 0 Å². The zero-order valence-corrected chi connectivity index (χ0v) is 17.3. The first kappa shape index (κ1) is 20.0. The van der Waals surface area contributed by atoms with E-state index in [9.17, 15) is 0 Å². The fourth-order valence-corrected chi connectivity index (χ4v) is 3.76. The molecule has 5 nitrogen and oxygen atoms in total. The number of fused-ring (bicyclic) bond motifs is 1. The lowest BCUT2D eigenvalue weighted by atomic mass is 9.90. The quantitative estimate of drug-likeness (QED) is 0.410. The molecule has 0 spiro atoms. The summed E-state index contributed by atoms with van der Waals surface area (Å²) >= 11 is 0. The van der Waals surface area contributed by atoms with Gasteiger partial charge in [0.05, 0.1) is 6.04 Å². The molecule has 3 rings (SSSR count). The van der Waals surface area contributed by atoms with E-state index in [1.165, 1.54) is 18.4 Å². The predicted octanol–water partition coefficient (Wildman–Crippen LogP) is 4.05. The number of rotatable bonds is 8. The summed E-state index contributed by atoms with van der Waals surface area (Å²) in [4.78, 5) is 4.94. The topological polar surface area (TPSA) is 54.9 Å². The molecule has 27 heavy (non-hydrogen) atoms. The van der Waals surface area contributed by atoms with Crippen LogP contribution < -0.4 is 15.4 Å². The van der Waals surface area contributed by atoms with Gasteiger partial charge >= 0.3 is 0 Å². The number of ether oxygens (including phenoxy) is 2. The number of hydrogen-bond donors (Lipinski definition) is 2. The summed E-state index contributed by atoms with van der Waals surface area (Å²) in [7, 11) is 0. The molecule has 1 unspecified atom stereocenters. The van der Waals surface area contributed by atoms with Gasteiger partial charge in [-0.15, -0.1) is 0 Å². The third-order valence-corrected chi connectivity index (χ3v) is 5.54. The number of aliphatic imine (C=N–C) groups is 1. The molecule has 150 valence electrons. The molecule has 0 amide bonds. The van der Waals surface area contributed by atoms with Crippen molar-refractivity contribution in [1.29, 1.82) is 0 Å². The van der Waals surface area contributed by atoms with Gasteiger partial charge in [0.25, 0.3) is 0 Å². The molecule has 1 fully saturated rings. The fourth-order valence-electron chi connectivity index (χ4n) is 3.76. The molecule has 1 heterocycles. The van der Waals surface area contributed by atoms with E-state index in [1.54, 1.807) is 0 Å². The molecule has 1 atom stereocenters. The van der Waals surface area contributed by atoms with Crippen molar-refractivity contribution in [3.8, 4) is 5.75 Å². The summed E-state index contributed by atoms with van der Waals surface area (Å²) in [6, 6.07) is 8.51. The minimum Gasteiger partial charge on any atom is -0.487 e. The van der Waals surface area contributed by atoms with Gasteiger partial charge in [-0.05, 0) is 58.4 Å². The number of nitrogens with one attached hydrogen (secondary N) is 2. The van der Waals surface area contributed by atoms with Crippen LogP contribution in [-0.2, 0) is 4.74 Å². The highest BCUT2D eigenvalue weighted by Gasteiger charge is 2.42. The van der Waals surface area contributed by atoms with E-state index in [-0.39, 0.29) is 11.6 Å². The highest BCUT2D eigenvalue weighted by atomic mass is 16.5. The Balaban J connectivity index is 1.69. The molecule has 1 aromatic rings. The highest BCUT2D eigenvalue weighted by Crippen LogP contribution is 2.49. The van der Waals surface area contributed by atoms with Crippen LogP contribution >= 0.6 is 0 Å². The highest BCUT2D eigenvalue weighted by molar-refractivity contribution is 5.80. The molecule has 1 aliphatic heterocycles. The molecule has 0 bridgehead atoms. The summed E-state index contributed by atoms with van der Waals surface area (Å²) in [6.45, 7) is 11.8. The summed E-state index contributed by atoms with van der Waals surface area (Å²) in [5.41, 5.74) is 1.36. The van der Waals surface area contributed by atoms with Crippen LogP contribution in [0.2, 0.25) is 0 Å². The Kier molecular flexibility index (Phi) is 6.30. The third kappa shape index (κ3) is 5.38. The van der Waals surface area contributed by atoms with Gasteiger partial charge in [-0.3, -0.25) is 4.99 Å². The van der Waals surface area contributed by atoms with E-state index in [1.807, 2.05) is 6.07 Å². The summed E-state index contributed by atoms with van der Waals surface area (Å²) < 4.78 is 11.7. The maximum absolute atomic E-state index is 6.16. The Bertz CT molecular complexity index is 653. The van der Waals surface area contributed by atoms with E-state index in [2.05, 4.69) is 56.5 Å². The Morgan fingerprint density at radius 1 is 1.26 bits per heavy atom. The summed E-state index contributed by atoms with van der Waals surface area (Å²) in [6.07, 6.45) is 4.53. The van der Waals surface area contributed by atoms with E-state index in [4.69, 9.17) is 14.5 Å². The van der Waals surface area contributed by atoms with Crippen molar-refractivity contribution in [3.05, 3.63) is 29.8 Å². The second kappa shape index (κ2) is 8.51. The summed E-state index contributed by atoms with van der Waals surface area (Å²) in [5.74, 6) is 1.87. The molecule has 5 heteroatoms. The first-order chi connectivity index (χ1) is 13.0. The minimum atomic E-state index is -0.196. The van der Waals surface area contributed by atoms with Gasteiger partial charge in [-0.1, -0.05) is 18.2 Å². The van der Waals surface area contributed by atoms with Crippen molar-refractivity contribution in [2.45, 2.75) is 65.0 Å². The molecule has 0 aromatic heterocycles. The monoisotopic (exact) mass is 373 g/mol. The van der Waals surface area contributed by atoms with Gasteiger partial charge in [0, 0.05) is 38.3 Å². The van der Waals surface area contributed by atoms with Crippen molar-refractivity contribution in [1.82, 2.24) is 10.6 Å². The number of guanidine groups is 1. The van der Waals surface area contributed by atoms with Crippen molar-refractivity contribution in [2.24, 2.45) is 10.4 Å². The van der Waals surface area contributed by atoms with Gasteiger partial charge in [0.15, 0.2) is 5.96 Å². The zero-order chi connectivity index (χ0) is 19.3. The van der Waals surface area contributed by atoms with Gasteiger partial charge in [-0.2, -0.15) is 0 Å². The average Bonchev–Trinajstić information content (AvgIpc) is 3.39. The number of nitrogens with zero attached hydrogens (tertiary/aromatic N) is 1. The van der Waals surface area contributed by atoms with E-state index < -0.39 is 0 Å². The molecule has 0 saturated heterocycles. The first-order valence-corrected chi connectivity index (χ1v) is 10.4. The third-order valence-electron chi connectivity index (χ3n) is 5.54. The first-order valence-electron chi connectivity index (χ1n) is 10.4. The van der Waals surface area contributed by atoms with Gasteiger partial charge in [0.1, 0.15) is 11.4 Å². The molecular formula is C22H35N3O2. The van der Waals surface area contributed by atoms with Crippen molar-refractivity contribution < 1.29 is 9.47 Å². The fraction of sp³-hybridized carbons (Fsp3) is 0.682. The summed E-state index contributed by atoms with van der Waals surface area (Å²) in [5, 5.41) is 7.09. The molecular weight excluding hydrogens is 338 g/mol. The average molecular weight is 374 g/mol. The second-order valence-corrected chi connectivity index (χ2v) is 8.44. The molecule has 0 radical (unpaired) electrons. The number of benzene rings is 1. The van der Waals surface area contributed by atoms with Crippen LogP contribution in [0.5, 0.6) is 5.75 Å². The second-order valence-electron chi connectivity index (χ2n) is 8.44. The van der Waals surface area contributed by atoms with Crippen LogP contribution in [0.3, 0.4) is 0 Å². The maximum atomic E-state index is 6.16. The van der Waals surface area contributed by atoms with Crippen LogP contribution in [0.15, 0.2) is 29.3 Å². The molecule has 2 N–H and O–H groups in total. The lowest BCUT2D eigenvalue weighted by Crippen LogP contribution is -2.45. The Hall–Kier alpha value is -1.75. The molecule has 1 saturated carbocycles. The van der Waals surface area contributed by atoms with Crippen LogP contribution in [0.1, 0.15) is 65.0 Å². The zero-order valence-electron chi connectivity index (χ0n) is 17.3. The largest absolute Gasteiger partial charge is 0.487 e. The normalized spacial score (nSPS) is 22.5. The van der Waals surface area contributed by atoms with Crippen LogP contribution in [-0.4, -0.2) is 37.9 Å². The van der Waals surface area contributed by atoms with Crippen LogP contribution in [0, 0.1) is 5.41 Å². The molecule has 2 aliphatic rings. The Morgan fingerprint density at radius 2 is 2.04 bits per heavy atom. The lowest BCUT2D eigenvalue weighted by molar-refractivity contribution is 0.0694. The smallest absolute Gasteiger partial charge is 0.191 e. The maximum Gasteiger partial charge on any atom is 0.191 e. The molecule has 1 aliphatic carbocycles. The Morgan fingerprint density at radius 3 is 2.74 bits per heavy atom. The van der Waals surface area contributed by atoms with E-state index in [0.717, 1.165) is 50.9 Å². The van der Waals surface area contributed by atoms with Gasteiger partial charge in [-0.25, -0.2) is 0 Å². The number of para-hydroxylation sites is 1. The van der Waals surface area contributed by atoms with Crippen molar-refractivity contribution in [2.75, 3.05) is 26.3 Å². The number of hydrogen-bond acceptors (Lipinski definition) is 3. The van der Waals surface area contributed by atoms with Crippen molar-refractivity contribution in [3.63, 3.8) is 0 Å². The van der Waals surface area contributed by atoms with Crippen molar-refractivity contribution >= 4 is 5.96 Å². The van der Waals surface area contributed by atoms with Crippen LogP contribution in [0.4, 0.5) is 0 Å². The Labute approximate surface area is 163 Å². The van der Waals surface area contributed by atoms with E-state index >= 15 is 0 Å². The predicted molar refractivity (Wildman–Crippen MR) is 110 cm³/mol.